The zero-order chi connectivity index (χ0) is 23.3. The predicted molar refractivity (Wildman–Crippen MR) is 117 cm³/mol. The summed E-state index contributed by atoms with van der Waals surface area (Å²) in [5.41, 5.74) is 0.484. The van der Waals surface area contributed by atoms with Crippen LogP contribution in [0.5, 0.6) is 0 Å². The zero-order valence-electron chi connectivity index (χ0n) is 17.1. The number of benzene rings is 2. The summed E-state index contributed by atoms with van der Waals surface area (Å²) in [4.78, 5) is 31.6. The fourth-order valence-electron chi connectivity index (χ4n) is 2.71. The molecular weight excluding hydrogens is 441 g/mol. The Hall–Kier alpha value is -3.40. The fraction of sp³-hybridized carbons (Fsp3) is 0.182. The van der Waals surface area contributed by atoms with Gasteiger partial charge in [-0.3, -0.25) is 9.59 Å². The highest BCUT2D eigenvalue weighted by Crippen LogP contribution is 2.33. The minimum absolute atomic E-state index is 0.117. The maximum absolute atomic E-state index is 13.4. The zero-order valence-corrected chi connectivity index (χ0v) is 17.9. The molecule has 0 fully saturated rings. The van der Waals surface area contributed by atoms with E-state index < -0.39 is 23.0 Å². The maximum atomic E-state index is 13.4. The lowest BCUT2D eigenvalue weighted by Gasteiger charge is -2.14. The number of thioether (sulfide) groups is 1. The van der Waals surface area contributed by atoms with Crippen LogP contribution in [0.3, 0.4) is 0 Å². The minimum atomic E-state index is -4.66. The number of anilines is 2. The number of amides is 2. The van der Waals surface area contributed by atoms with Gasteiger partial charge in [0, 0.05) is 23.9 Å². The number of rotatable bonds is 6. The summed E-state index contributed by atoms with van der Waals surface area (Å²) in [5, 5.41) is 4.34. The van der Waals surface area contributed by atoms with Gasteiger partial charge in [0.25, 0.3) is 0 Å². The first kappa shape index (κ1) is 23.3. The maximum Gasteiger partial charge on any atom is 0.433 e. The van der Waals surface area contributed by atoms with Gasteiger partial charge in [-0.25, -0.2) is 9.97 Å². The molecular formula is C22H19F3N4O2S. The molecule has 0 aliphatic carbocycles. The second-order valence-corrected chi connectivity index (χ2v) is 8.10. The summed E-state index contributed by atoms with van der Waals surface area (Å²) in [6.45, 7) is 2.91. The van der Waals surface area contributed by atoms with Crippen LogP contribution in [0.25, 0.3) is 11.3 Å². The van der Waals surface area contributed by atoms with Crippen molar-refractivity contribution >= 4 is 35.0 Å². The van der Waals surface area contributed by atoms with Crippen molar-refractivity contribution in [3.8, 4) is 11.3 Å². The first-order valence-electron chi connectivity index (χ1n) is 9.48. The molecule has 0 radical (unpaired) electrons. The van der Waals surface area contributed by atoms with Crippen molar-refractivity contribution in [2.24, 2.45) is 0 Å². The van der Waals surface area contributed by atoms with Crippen LogP contribution < -0.4 is 10.6 Å². The number of halogens is 3. The third-order valence-corrected chi connectivity index (χ3v) is 5.13. The highest BCUT2D eigenvalue weighted by atomic mass is 32.2. The Morgan fingerprint density at radius 2 is 1.59 bits per heavy atom. The van der Waals surface area contributed by atoms with E-state index in [2.05, 4.69) is 20.6 Å². The van der Waals surface area contributed by atoms with Crippen molar-refractivity contribution in [3.63, 3.8) is 0 Å². The van der Waals surface area contributed by atoms with Crippen molar-refractivity contribution in [2.75, 3.05) is 10.6 Å². The molecule has 0 spiro atoms. The van der Waals surface area contributed by atoms with Crippen LogP contribution in [0.15, 0.2) is 65.8 Å². The highest BCUT2D eigenvalue weighted by Gasteiger charge is 2.34. The monoisotopic (exact) mass is 460 g/mol. The molecule has 1 aromatic heterocycles. The Morgan fingerprint density at radius 1 is 0.938 bits per heavy atom. The van der Waals surface area contributed by atoms with E-state index in [4.69, 9.17) is 0 Å². The Bertz CT molecular complexity index is 1120. The highest BCUT2D eigenvalue weighted by molar-refractivity contribution is 8.00. The molecule has 1 heterocycles. The van der Waals surface area contributed by atoms with Crippen LogP contribution in [-0.2, 0) is 15.8 Å². The van der Waals surface area contributed by atoms with Gasteiger partial charge in [-0.15, -0.1) is 0 Å². The van der Waals surface area contributed by atoms with E-state index in [1.54, 1.807) is 61.5 Å². The second kappa shape index (κ2) is 9.82. The number of aromatic nitrogens is 2. The summed E-state index contributed by atoms with van der Waals surface area (Å²) in [5.74, 6) is -0.703. The number of nitrogens with zero attached hydrogens (tertiary/aromatic N) is 2. The van der Waals surface area contributed by atoms with Crippen LogP contribution in [0, 0.1) is 0 Å². The van der Waals surface area contributed by atoms with E-state index >= 15 is 0 Å². The van der Waals surface area contributed by atoms with Crippen molar-refractivity contribution in [3.05, 3.63) is 66.4 Å². The Kier molecular flexibility index (Phi) is 7.14. The normalized spacial score (nSPS) is 12.2. The summed E-state index contributed by atoms with van der Waals surface area (Å²) >= 11 is 0.821. The van der Waals surface area contributed by atoms with E-state index in [0.29, 0.717) is 16.9 Å². The van der Waals surface area contributed by atoms with E-state index in [1.165, 1.54) is 6.92 Å². The predicted octanol–water partition coefficient (Wildman–Crippen LogP) is 5.24. The molecule has 2 N–H and O–H groups in total. The van der Waals surface area contributed by atoms with E-state index in [9.17, 15) is 22.8 Å². The van der Waals surface area contributed by atoms with Gasteiger partial charge >= 0.3 is 6.18 Å². The van der Waals surface area contributed by atoms with Crippen LogP contribution in [-0.4, -0.2) is 27.0 Å². The molecule has 32 heavy (non-hydrogen) atoms. The Morgan fingerprint density at radius 3 is 2.22 bits per heavy atom. The van der Waals surface area contributed by atoms with Crippen molar-refractivity contribution in [2.45, 2.75) is 30.4 Å². The quantitative estimate of drug-likeness (QED) is 0.388. The van der Waals surface area contributed by atoms with Crippen LogP contribution in [0.2, 0.25) is 0 Å². The SMILES string of the molecule is CC(=O)Nc1cccc(NC(=O)C(C)Sc2nc(-c3ccccc3)cc(C(F)(F)F)n2)c1. The number of nitrogens with one attached hydrogen (secondary N) is 2. The molecule has 0 aliphatic heterocycles. The van der Waals surface area contributed by atoms with Gasteiger partial charge in [0.1, 0.15) is 5.69 Å². The first-order chi connectivity index (χ1) is 15.1. The smallest absolute Gasteiger partial charge is 0.326 e. The van der Waals surface area contributed by atoms with Crippen LogP contribution >= 0.6 is 11.8 Å². The summed E-state index contributed by atoms with van der Waals surface area (Å²) in [6.07, 6.45) is -4.66. The van der Waals surface area contributed by atoms with Gasteiger partial charge in [0.05, 0.1) is 10.9 Å². The van der Waals surface area contributed by atoms with E-state index in [1.807, 2.05) is 0 Å². The molecule has 0 bridgehead atoms. The fourth-order valence-corrected chi connectivity index (χ4v) is 3.50. The molecule has 3 aromatic rings. The lowest BCUT2D eigenvalue weighted by Crippen LogP contribution is -2.23. The van der Waals surface area contributed by atoms with Crippen LogP contribution in [0.4, 0.5) is 24.5 Å². The van der Waals surface area contributed by atoms with Gasteiger partial charge in [-0.05, 0) is 31.2 Å². The lowest BCUT2D eigenvalue weighted by atomic mass is 10.1. The largest absolute Gasteiger partial charge is 0.433 e. The van der Waals surface area contributed by atoms with E-state index in [-0.39, 0.29) is 16.8 Å². The molecule has 0 saturated heterocycles. The van der Waals surface area contributed by atoms with Gasteiger partial charge in [0.15, 0.2) is 5.16 Å². The third-order valence-electron chi connectivity index (χ3n) is 4.17. The average molecular weight is 460 g/mol. The first-order valence-corrected chi connectivity index (χ1v) is 10.4. The number of carbonyl (C=O) groups is 2. The van der Waals surface area contributed by atoms with Gasteiger partial charge in [0.2, 0.25) is 11.8 Å². The van der Waals surface area contributed by atoms with Gasteiger partial charge in [-0.1, -0.05) is 48.2 Å². The van der Waals surface area contributed by atoms with Crippen LogP contribution in [0.1, 0.15) is 19.5 Å². The molecule has 1 atom stereocenters. The van der Waals surface area contributed by atoms with E-state index in [0.717, 1.165) is 17.8 Å². The molecule has 10 heteroatoms. The van der Waals surface area contributed by atoms with Crippen molar-refractivity contribution in [1.29, 1.82) is 0 Å². The number of hydrogen-bond acceptors (Lipinski definition) is 5. The molecule has 2 aromatic carbocycles. The minimum Gasteiger partial charge on any atom is -0.326 e. The second-order valence-electron chi connectivity index (χ2n) is 6.80. The van der Waals surface area contributed by atoms with Crippen molar-refractivity contribution in [1.82, 2.24) is 9.97 Å². The standard InChI is InChI=1S/C22H19F3N4O2S/c1-13(20(31)27-17-10-6-9-16(11-17)26-14(2)30)32-21-28-18(15-7-4-3-5-8-15)12-19(29-21)22(23,24)25/h3-13H,1-2H3,(H,26,30)(H,27,31). The molecule has 0 saturated carbocycles. The average Bonchev–Trinajstić information content (AvgIpc) is 2.73. The Balaban J connectivity index is 1.80. The molecule has 166 valence electrons. The Labute approximate surface area is 186 Å². The third kappa shape index (κ3) is 6.30. The molecule has 3 rings (SSSR count). The molecule has 1 unspecified atom stereocenters. The lowest BCUT2D eigenvalue weighted by molar-refractivity contribution is -0.141. The number of hydrogen-bond donors (Lipinski definition) is 2. The molecule has 6 nitrogen and oxygen atoms in total. The summed E-state index contributed by atoms with van der Waals surface area (Å²) < 4.78 is 40.1. The number of alkyl halides is 3. The van der Waals surface area contributed by atoms with Gasteiger partial charge in [-0.2, -0.15) is 13.2 Å². The summed E-state index contributed by atoms with van der Waals surface area (Å²) in [7, 11) is 0. The number of carbonyl (C=O) groups excluding carboxylic acids is 2. The topological polar surface area (TPSA) is 84.0 Å². The van der Waals surface area contributed by atoms with Gasteiger partial charge < -0.3 is 10.6 Å². The molecule has 0 aliphatic rings. The summed E-state index contributed by atoms with van der Waals surface area (Å²) in [6, 6.07) is 15.9. The van der Waals surface area contributed by atoms with Crippen molar-refractivity contribution < 1.29 is 22.8 Å². The molecule has 2 amide bonds.